The van der Waals surface area contributed by atoms with Gasteiger partial charge in [0.25, 0.3) is 0 Å². The van der Waals surface area contributed by atoms with Crippen LogP contribution in [-0.4, -0.2) is 50.1 Å². The Kier molecular flexibility index (Phi) is 5.88. The predicted octanol–water partition coefficient (Wildman–Crippen LogP) is 4.04. The molecule has 1 aliphatic heterocycles. The molecule has 0 saturated carbocycles. The average molecular weight is 421 g/mol. The lowest BCUT2D eigenvalue weighted by molar-refractivity contribution is 0.110. The third-order valence-electron chi connectivity index (χ3n) is 5.38. The minimum Gasteiger partial charge on any atom is -0.473 e. The molecule has 8 nitrogen and oxygen atoms in total. The van der Waals surface area contributed by atoms with Crippen molar-refractivity contribution in [2.24, 2.45) is 0 Å². The third-order valence-corrected chi connectivity index (χ3v) is 5.38. The minimum absolute atomic E-state index is 0.0139. The first-order chi connectivity index (χ1) is 14.9. The molecule has 0 aliphatic carbocycles. The van der Waals surface area contributed by atoms with E-state index in [1.165, 1.54) is 5.56 Å². The number of nitrogens with one attached hydrogen (secondary N) is 1. The quantitative estimate of drug-likeness (QED) is 0.689. The Morgan fingerprint density at radius 3 is 2.39 bits per heavy atom. The monoisotopic (exact) mass is 420 g/mol. The minimum atomic E-state index is -0.0784. The van der Waals surface area contributed by atoms with Crippen LogP contribution in [0.2, 0.25) is 0 Å². The highest BCUT2D eigenvalue weighted by Gasteiger charge is 2.24. The largest absolute Gasteiger partial charge is 0.473 e. The lowest BCUT2D eigenvalue weighted by atomic mass is 9.87. The van der Waals surface area contributed by atoms with E-state index in [1.807, 2.05) is 35.4 Å². The Bertz CT molecular complexity index is 986. The number of hydrogen-bond acceptors (Lipinski definition) is 5. The van der Waals surface area contributed by atoms with Gasteiger partial charge in [0.2, 0.25) is 5.88 Å². The van der Waals surface area contributed by atoms with Gasteiger partial charge >= 0.3 is 6.03 Å². The second-order valence-electron chi connectivity index (χ2n) is 8.74. The second-order valence-corrected chi connectivity index (χ2v) is 8.74. The van der Waals surface area contributed by atoms with E-state index < -0.39 is 0 Å². The number of hydrogen-bond donors (Lipinski definition) is 1. The Morgan fingerprint density at radius 1 is 1.06 bits per heavy atom. The maximum atomic E-state index is 12.6. The van der Waals surface area contributed by atoms with Crippen LogP contribution in [0.3, 0.4) is 0 Å². The van der Waals surface area contributed by atoms with Crippen LogP contribution in [0.4, 0.5) is 10.5 Å². The van der Waals surface area contributed by atoms with Gasteiger partial charge in [-0.05, 0) is 35.2 Å². The molecule has 2 amide bonds. The summed E-state index contributed by atoms with van der Waals surface area (Å²) in [4.78, 5) is 14.4. The van der Waals surface area contributed by atoms with Crippen molar-refractivity contribution in [2.45, 2.75) is 45.1 Å². The number of benzene rings is 1. The van der Waals surface area contributed by atoms with Gasteiger partial charge in [-0.1, -0.05) is 32.9 Å². The summed E-state index contributed by atoms with van der Waals surface area (Å²) in [5.41, 5.74) is 2.14. The van der Waals surface area contributed by atoms with Crippen molar-refractivity contribution < 1.29 is 9.53 Å². The van der Waals surface area contributed by atoms with Crippen molar-refractivity contribution in [3.05, 3.63) is 60.4 Å². The molecular formula is C23H28N6O2. The van der Waals surface area contributed by atoms with Crippen molar-refractivity contribution in [3.63, 3.8) is 0 Å². The zero-order valence-corrected chi connectivity index (χ0v) is 18.2. The molecule has 0 bridgehead atoms. The molecule has 162 valence electrons. The molecule has 1 fully saturated rings. The van der Waals surface area contributed by atoms with Gasteiger partial charge in [0.05, 0.1) is 0 Å². The number of carbonyl (C=O) groups is 1. The van der Waals surface area contributed by atoms with Crippen LogP contribution < -0.4 is 10.1 Å². The second kappa shape index (κ2) is 8.75. The van der Waals surface area contributed by atoms with Crippen molar-refractivity contribution in [3.8, 4) is 11.7 Å². The van der Waals surface area contributed by atoms with Crippen LogP contribution in [0, 0.1) is 0 Å². The molecule has 4 rings (SSSR count). The summed E-state index contributed by atoms with van der Waals surface area (Å²) in [5, 5.41) is 15.4. The number of aromatic nitrogens is 4. The van der Waals surface area contributed by atoms with Crippen LogP contribution in [0.5, 0.6) is 5.88 Å². The summed E-state index contributed by atoms with van der Waals surface area (Å²) in [7, 11) is 0. The molecule has 3 aromatic rings. The van der Waals surface area contributed by atoms with Crippen LogP contribution in [-0.2, 0) is 5.41 Å². The average Bonchev–Trinajstić information content (AvgIpc) is 3.29. The summed E-state index contributed by atoms with van der Waals surface area (Å²) in [5.74, 6) is 1.12. The fourth-order valence-electron chi connectivity index (χ4n) is 3.51. The van der Waals surface area contributed by atoms with E-state index in [4.69, 9.17) is 4.74 Å². The Balaban J connectivity index is 1.26. The molecule has 0 atom stereocenters. The van der Waals surface area contributed by atoms with E-state index in [0.717, 1.165) is 18.5 Å². The number of anilines is 1. The SMILES string of the molecule is CC(C)(C)c1ccc(NC(=O)N2CCC(Oc3ccc(-n4cccn4)nn3)CC2)cc1. The maximum Gasteiger partial charge on any atom is 0.321 e. The number of rotatable bonds is 4. The predicted molar refractivity (Wildman–Crippen MR) is 119 cm³/mol. The third kappa shape index (κ3) is 5.20. The zero-order valence-electron chi connectivity index (χ0n) is 18.2. The maximum absolute atomic E-state index is 12.6. The number of likely N-dealkylation sites (tertiary alicyclic amines) is 1. The molecule has 1 aliphatic rings. The number of piperidine rings is 1. The first-order valence-electron chi connectivity index (χ1n) is 10.6. The smallest absolute Gasteiger partial charge is 0.321 e. The molecular weight excluding hydrogens is 392 g/mol. The van der Waals surface area contributed by atoms with E-state index in [1.54, 1.807) is 16.9 Å². The molecule has 1 saturated heterocycles. The fourth-order valence-corrected chi connectivity index (χ4v) is 3.51. The van der Waals surface area contributed by atoms with E-state index in [-0.39, 0.29) is 17.6 Å². The Labute approximate surface area is 182 Å². The summed E-state index contributed by atoms with van der Waals surface area (Å²) in [6, 6.07) is 13.4. The molecule has 1 aromatic carbocycles. The van der Waals surface area contributed by atoms with Gasteiger partial charge in [0, 0.05) is 50.1 Å². The van der Waals surface area contributed by atoms with Gasteiger partial charge in [0.1, 0.15) is 6.10 Å². The molecule has 0 spiro atoms. The van der Waals surface area contributed by atoms with E-state index in [0.29, 0.717) is 24.8 Å². The van der Waals surface area contributed by atoms with Crippen LogP contribution in [0.15, 0.2) is 54.9 Å². The topological polar surface area (TPSA) is 85.2 Å². The molecule has 8 heteroatoms. The molecule has 1 N–H and O–H groups in total. The van der Waals surface area contributed by atoms with Crippen molar-refractivity contribution in [2.75, 3.05) is 18.4 Å². The van der Waals surface area contributed by atoms with Crippen molar-refractivity contribution in [1.82, 2.24) is 24.9 Å². The number of ether oxygens (including phenoxy) is 1. The molecule has 3 heterocycles. The molecule has 0 radical (unpaired) electrons. The number of carbonyl (C=O) groups excluding carboxylic acids is 1. The lowest BCUT2D eigenvalue weighted by Crippen LogP contribution is -2.43. The van der Waals surface area contributed by atoms with E-state index >= 15 is 0 Å². The summed E-state index contributed by atoms with van der Waals surface area (Å²) in [6.45, 7) is 7.79. The zero-order chi connectivity index (χ0) is 21.8. The summed E-state index contributed by atoms with van der Waals surface area (Å²) < 4.78 is 7.60. The number of amides is 2. The van der Waals surface area contributed by atoms with Gasteiger partial charge in [0.15, 0.2) is 5.82 Å². The number of nitrogens with zero attached hydrogens (tertiary/aromatic N) is 5. The Hall–Kier alpha value is -3.42. The highest BCUT2D eigenvalue weighted by Crippen LogP contribution is 2.24. The highest BCUT2D eigenvalue weighted by molar-refractivity contribution is 5.89. The first-order valence-corrected chi connectivity index (χ1v) is 10.6. The van der Waals surface area contributed by atoms with Crippen LogP contribution in [0.1, 0.15) is 39.2 Å². The van der Waals surface area contributed by atoms with Crippen molar-refractivity contribution >= 4 is 11.7 Å². The molecule has 2 aromatic heterocycles. The van der Waals surface area contributed by atoms with Gasteiger partial charge in [-0.3, -0.25) is 0 Å². The van der Waals surface area contributed by atoms with Gasteiger partial charge < -0.3 is 15.0 Å². The standard InChI is InChI=1S/C23H28N6O2/c1-23(2,3)17-5-7-18(8-6-17)25-22(30)28-15-11-19(12-16-28)31-21-10-9-20(26-27-21)29-14-4-13-24-29/h4-10,13-14,19H,11-12,15-16H2,1-3H3,(H,25,30). The molecule has 0 unspecified atom stereocenters. The van der Waals surface area contributed by atoms with Gasteiger partial charge in [-0.2, -0.15) is 5.10 Å². The molecule has 31 heavy (non-hydrogen) atoms. The van der Waals surface area contributed by atoms with Crippen molar-refractivity contribution in [1.29, 1.82) is 0 Å². The van der Waals surface area contributed by atoms with Crippen LogP contribution in [0.25, 0.3) is 5.82 Å². The van der Waals surface area contributed by atoms with Crippen LogP contribution >= 0.6 is 0 Å². The number of urea groups is 1. The van der Waals surface area contributed by atoms with E-state index in [2.05, 4.69) is 53.5 Å². The summed E-state index contributed by atoms with van der Waals surface area (Å²) in [6.07, 6.45) is 5.01. The highest BCUT2D eigenvalue weighted by atomic mass is 16.5. The van der Waals surface area contributed by atoms with Gasteiger partial charge in [-0.25, -0.2) is 9.48 Å². The Morgan fingerprint density at radius 2 is 1.81 bits per heavy atom. The van der Waals surface area contributed by atoms with E-state index in [9.17, 15) is 4.79 Å². The fraction of sp³-hybridized carbons (Fsp3) is 0.391. The normalized spacial score (nSPS) is 15.0. The van der Waals surface area contributed by atoms with Gasteiger partial charge in [-0.15, -0.1) is 10.2 Å². The lowest BCUT2D eigenvalue weighted by Gasteiger charge is -2.31. The first kappa shape index (κ1) is 20.8. The summed E-state index contributed by atoms with van der Waals surface area (Å²) >= 11 is 0.